The first kappa shape index (κ1) is 24.6. The summed E-state index contributed by atoms with van der Waals surface area (Å²) in [5.74, 6) is -0.240. The molecular formula is C29H34N4O2. The number of hydrogen-bond donors (Lipinski definition) is 2. The van der Waals surface area contributed by atoms with Gasteiger partial charge in [0, 0.05) is 51.4 Å². The predicted molar refractivity (Wildman–Crippen MR) is 139 cm³/mol. The van der Waals surface area contributed by atoms with Gasteiger partial charge in [-0.2, -0.15) is 0 Å². The van der Waals surface area contributed by atoms with Crippen LogP contribution in [0.3, 0.4) is 0 Å². The lowest BCUT2D eigenvalue weighted by molar-refractivity contribution is -0.121. The maximum absolute atomic E-state index is 12.8. The van der Waals surface area contributed by atoms with Gasteiger partial charge in [0.1, 0.15) is 0 Å². The van der Waals surface area contributed by atoms with E-state index in [-0.39, 0.29) is 24.3 Å². The highest BCUT2D eigenvalue weighted by molar-refractivity contribution is 5.94. The molecule has 1 heterocycles. The zero-order chi connectivity index (χ0) is 24.3. The lowest BCUT2D eigenvalue weighted by Crippen LogP contribution is -2.48. The van der Waals surface area contributed by atoms with E-state index >= 15 is 0 Å². The average Bonchev–Trinajstić information content (AvgIpc) is 2.91. The minimum Gasteiger partial charge on any atom is -0.355 e. The van der Waals surface area contributed by atoms with E-state index in [9.17, 15) is 9.59 Å². The van der Waals surface area contributed by atoms with Crippen LogP contribution in [0.15, 0.2) is 91.0 Å². The van der Waals surface area contributed by atoms with E-state index in [1.165, 1.54) is 5.56 Å². The van der Waals surface area contributed by atoms with Crippen LogP contribution in [-0.2, 0) is 11.3 Å². The SMILES string of the molecule is O=C(CC(NC(=O)c1ccccc1)c1ccccc1)NCCN1CCN(Cc2ccccc2)CC1. The summed E-state index contributed by atoms with van der Waals surface area (Å²) >= 11 is 0. The van der Waals surface area contributed by atoms with E-state index < -0.39 is 0 Å². The molecule has 0 spiro atoms. The molecule has 182 valence electrons. The molecular weight excluding hydrogens is 436 g/mol. The molecule has 2 N–H and O–H groups in total. The maximum Gasteiger partial charge on any atom is 0.251 e. The van der Waals surface area contributed by atoms with Crippen molar-refractivity contribution in [3.05, 3.63) is 108 Å². The van der Waals surface area contributed by atoms with Crippen molar-refractivity contribution in [1.29, 1.82) is 0 Å². The van der Waals surface area contributed by atoms with Crippen LogP contribution in [0.25, 0.3) is 0 Å². The molecule has 0 saturated carbocycles. The summed E-state index contributed by atoms with van der Waals surface area (Å²) in [6, 6.07) is 28.9. The van der Waals surface area contributed by atoms with E-state index in [4.69, 9.17) is 0 Å². The summed E-state index contributed by atoms with van der Waals surface area (Å²) in [6.45, 7) is 6.49. The third kappa shape index (κ3) is 7.77. The molecule has 35 heavy (non-hydrogen) atoms. The van der Waals surface area contributed by atoms with E-state index in [1.807, 2.05) is 48.5 Å². The summed E-state index contributed by atoms with van der Waals surface area (Å²) in [6.07, 6.45) is 0.202. The molecule has 0 aromatic heterocycles. The number of nitrogens with zero attached hydrogens (tertiary/aromatic N) is 2. The van der Waals surface area contributed by atoms with Crippen molar-refractivity contribution < 1.29 is 9.59 Å². The van der Waals surface area contributed by atoms with Gasteiger partial charge in [0.05, 0.1) is 12.5 Å². The Hall–Kier alpha value is -3.48. The van der Waals surface area contributed by atoms with Crippen LogP contribution in [-0.4, -0.2) is 60.9 Å². The standard InChI is InChI=1S/C29H34N4O2/c34-28(30-16-17-32-18-20-33(21-19-32)23-24-10-4-1-5-11-24)22-27(25-12-6-2-7-13-25)31-29(35)26-14-8-3-9-15-26/h1-15,27H,16-23H2,(H,30,34)(H,31,35). The Labute approximate surface area is 207 Å². The van der Waals surface area contributed by atoms with Gasteiger partial charge in [0.15, 0.2) is 0 Å². The first-order chi connectivity index (χ1) is 17.2. The molecule has 2 amide bonds. The number of rotatable bonds is 10. The van der Waals surface area contributed by atoms with Gasteiger partial charge in [-0.05, 0) is 23.3 Å². The van der Waals surface area contributed by atoms with Crippen LogP contribution in [0.1, 0.15) is 33.9 Å². The second kappa shape index (κ2) is 12.8. The molecule has 0 radical (unpaired) electrons. The van der Waals surface area contributed by atoms with Gasteiger partial charge in [-0.3, -0.25) is 19.4 Å². The maximum atomic E-state index is 12.8. The Morgan fingerprint density at radius 1 is 0.743 bits per heavy atom. The van der Waals surface area contributed by atoms with Crippen LogP contribution in [0.5, 0.6) is 0 Å². The first-order valence-electron chi connectivity index (χ1n) is 12.3. The van der Waals surface area contributed by atoms with Crippen LogP contribution < -0.4 is 10.6 Å². The zero-order valence-electron chi connectivity index (χ0n) is 20.1. The van der Waals surface area contributed by atoms with Gasteiger partial charge < -0.3 is 10.6 Å². The van der Waals surface area contributed by atoms with Crippen molar-refractivity contribution in [2.24, 2.45) is 0 Å². The molecule has 6 nitrogen and oxygen atoms in total. The van der Waals surface area contributed by atoms with Crippen molar-refractivity contribution in [3.63, 3.8) is 0 Å². The van der Waals surface area contributed by atoms with Gasteiger partial charge in [0.25, 0.3) is 5.91 Å². The smallest absolute Gasteiger partial charge is 0.251 e. The fraction of sp³-hybridized carbons (Fsp3) is 0.310. The summed E-state index contributed by atoms with van der Waals surface area (Å²) in [5, 5.41) is 6.08. The van der Waals surface area contributed by atoms with Crippen molar-refractivity contribution in [2.45, 2.75) is 19.0 Å². The number of piperazine rings is 1. The third-order valence-corrected chi connectivity index (χ3v) is 6.40. The summed E-state index contributed by atoms with van der Waals surface area (Å²) in [5.41, 5.74) is 2.85. The molecule has 1 fully saturated rings. The van der Waals surface area contributed by atoms with Crippen LogP contribution >= 0.6 is 0 Å². The molecule has 1 aliphatic rings. The van der Waals surface area contributed by atoms with Crippen LogP contribution in [0, 0.1) is 0 Å². The minimum absolute atomic E-state index is 0.0603. The van der Waals surface area contributed by atoms with Gasteiger partial charge in [-0.25, -0.2) is 0 Å². The first-order valence-corrected chi connectivity index (χ1v) is 12.3. The zero-order valence-corrected chi connectivity index (χ0v) is 20.1. The fourth-order valence-corrected chi connectivity index (χ4v) is 4.39. The minimum atomic E-state index is -0.384. The Balaban J connectivity index is 1.22. The normalized spacial score (nSPS) is 15.3. The van der Waals surface area contributed by atoms with E-state index in [2.05, 4.69) is 50.8 Å². The van der Waals surface area contributed by atoms with Crippen LogP contribution in [0.2, 0.25) is 0 Å². The highest BCUT2D eigenvalue weighted by Gasteiger charge is 2.20. The fourth-order valence-electron chi connectivity index (χ4n) is 4.39. The third-order valence-electron chi connectivity index (χ3n) is 6.40. The van der Waals surface area contributed by atoms with Crippen molar-refractivity contribution in [2.75, 3.05) is 39.3 Å². The molecule has 1 saturated heterocycles. The quantitative estimate of drug-likeness (QED) is 0.476. The molecule has 3 aromatic carbocycles. The van der Waals surface area contributed by atoms with E-state index in [0.29, 0.717) is 12.1 Å². The number of carbonyl (C=O) groups is 2. The number of benzene rings is 3. The molecule has 0 aliphatic carbocycles. The molecule has 6 heteroatoms. The second-order valence-electron chi connectivity index (χ2n) is 8.96. The van der Waals surface area contributed by atoms with Gasteiger partial charge >= 0.3 is 0 Å². The predicted octanol–water partition coefficient (Wildman–Crippen LogP) is 3.48. The van der Waals surface area contributed by atoms with E-state index in [0.717, 1.165) is 44.8 Å². The molecule has 4 rings (SSSR count). The highest BCUT2D eigenvalue weighted by Crippen LogP contribution is 2.17. The highest BCUT2D eigenvalue weighted by atomic mass is 16.2. The molecule has 1 atom stereocenters. The van der Waals surface area contributed by atoms with Crippen molar-refractivity contribution >= 4 is 11.8 Å². The Bertz CT molecular complexity index is 1050. The Kier molecular flexibility index (Phi) is 9.04. The summed E-state index contributed by atoms with van der Waals surface area (Å²) in [4.78, 5) is 30.3. The summed E-state index contributed by atoms with van der Waals surface area (Å²) in [7, 11) is 0. The van der Waals surface area contributed by atoms with Gasteiger partial charge in [-0.1, -0.05) is 78.9 Å². The Morgan fingerprint density at radius 3 is 1.97 bits per heavy atom. The van der Waals surface area contributed by atoms with Crippen molar-refractivity contribution in [3.8, 4) is 0 Å². The lowest BCUT2D eigenvalue weighted by Gasteiger charge is -2.34. The molecule has 1 aliphatic heterocycles. The van der Waals surface area contributed by atoms with Crippen molar-refractivity contribution in [1.82, 2.24) is 20.4 Å². The van der Waals surface area contributed by atoms with E-state index in [1.54, 1.807) is 12.1 Å². The van der Waals surface area contributed by atoms with Gasteiger partial charge in [0.2, 0.25) is 5.91 Å². The second-order valence-corrected chi connectivity index (χ2v) is 8.96. The average molecular weight is 471 g/mol. The number of carbonyl (C=O) groups excluding carboxylic acids is 2. The topological polar surface area (TPSA) is 64.7 Å². The van der Waals surface area contributed by atoms with Gasteiger partial charge in [-0.15, -0.1) is 0 Å². The van der Waals surface area contributed by atoms with Crippen LogP contribution in [0.4, 0.5) is 0 Å². The lowest BCUT2D eigenvalue weighted by atomic mass is 10.0. The monoisotopic (exact) mass is 470 g/mol. The molecule has 0 bridgehead atoms. The molecule has 1 unspecified atom stereocenters. The number of nitrogens with one attached hydrogen (secondary N) is 2. The number of amides is 2. The Morgan fingerprint density at radius 2 is 1.31 bits per heavy atom. The largest absolute Gasteiger partial charge is 0.355 e. The molecule has 3 aromatic rings. The number of hydrogen-bond acceptors (Lipinski definition) is 4. The summed E-state index contributed by atoms with van der Waals surface area (Å²) < 4.78 is 0.